The standard InChI is InChI=1S/C23H34O/c1-2-3-5-8-19-11-13-20(14-12-19)21-15-17-23(24,18-16-21)22-9-6-4-7-10-22/h4,6-7,9-10,15,19-20,24H,2-3,5,8,11-14,16-18H2,1H3. The molecular weight excluding hydrogens is 292 g/mol. The molecule has 0 radical (unpaired) electrons. The average Bonchev–Trinajstić information content (AvgIpc) is 2.64. The summed E-state index contributed by atoms with van der Waals surface area (Å²) in [6.07, 6.45) is 16.4. The van der Waals surface area contributed by atoms with Crippen LogP contribution in [0.25, 0.3) is 0 Å². The number of allylic oxidation sites excluding steroid dienone is 1. The smallest absolute Gasteiger partial charge is 0.0933 e. The van der Waals surface area contributed by atoms with Gasteiger partial charge < -0.3 is 5.11 Å². The summed E-state index contributed by atoms with van der Waals surface area (Å²) in [5, 5.41) is 11.0. The molecule has 1 nitrogen and oxygen atoms in total. The predicted molar refractivity (Wildman–Crippen MR) is 102 cm³/mol. The first-order chi connectivity index (χ1) is 11.7. The number of unbranched alkanes of at least 4 members (excludes halogenated alkanes) is 2. The quantitative estimate of drug-likeness (QED) is 0.475. The first-order valence-electron chi connectivity index (χ1n) is 10.2. The van der Waals surface area contributed by atoms with Gasteiger partial charge in [0.05, 0.1) is 5.60 Å². The molecule has 0 amide bonds. The number of rotatable bonds is 6. The summed E-state index contributed by atoms with van der Waals surface area (Å²) in [5.74, 6) is 1.78. The van der Waals surface area contributed by atoms with Gasteiger partial charge in [0, 0.05) is 0 Å². The maximum Gasteiger partial charge on any atom is 0.0933 e. The van der Waals surface area contributed by atoms with E-state index in [1.165, 1.54) is 51.4 Å². The number of hydrogen-bond acceptors (Lipinski definition) is 1. The van der Waals surface area contributed by atoms with Crippen molar-refractivity contribution >= 4 is 0 Å². The lowest BCUT2D eigenvalue weighted by Gasteiger charge is -2.36. The van der Waals surface area contributed by atoms with E-state index >= 15 is 0 Å². The van der Waals surface area contributed by atoms with Crippen molar-refractivity contribution in [3.63, 3.8) is 0 Å². The third-order valence-electron chi connectivity index (χ3n) is 6.43. The van der Waals surface area contributed by atoms with Gasteiger partial charge in [-0.25, -0.2) is 0 Å². The van der Waals surface area contributed by atoms with Crippen LogP contribution in [-0.2, 0) is 5.60 Å². The van der Waals surface area contributed by atoms with E-state index < -0.39 is 5.60 Å². The largest absolute Gasteiger partial charge is 0.385 e. The van der Waals surface area contributed by atoms with E-state index in [4.69, 9.17) is 0 Å². The lowest BCUT2D eigenvalue weighted by Crippen LogP contribution is -2.29. The maximum atomic E-state index is 11.0. The Kier molecular flexibility index (Phi) is 6.16. The first-order valence-corrected chi connectivity index (χ1v) is 10.2. The predicted octanol–water partition coefficient (Wildman–Crippen LogP) is 6.37. The molecule has 1 unspecified atom stereocenters. The van der Waals surface area contributed by atoms with Gasteiger partial charge in [-0.3, -0.25) is 0 Å². The highest BCUT2D eigenvalue weighted by molar-refractivity contribution is 5.27. The molecule has 2 aliphatic carbocycles. The zero-order chi connectivity index (χ0) is 16.8. The van der Waals surface area contributed by atoms with Crippen LogP contribution in [-0.4, -0.2) is 5.11 Å². The SMILES string of the molecule is CCCCCC1CCC(C2=CCC(O)(c3ccccc3)CC2)CC1. The van der Waals surface area contributed by atoms with Crippen molar-refractivity contribution in [2.45, 2.75) is 83.2 Å². The van der Waals surface area contributed by atoms with E-state index in [2.05, 4.69) is 25.1 Å². The monoisotopic (exact) mass is 326 g/mol. The zero-order valence-electron chi connectivity index (χ0n) is 15.3. The van der Waals surface area contributed by atoms with Gasteiger partial charge in [-0.15, -0.1) is 0 Å². The Morgan fingerprint density at radius 1 is 1.04 bits per heavy atom. The molecule has 1 fully saturated rings. The van der Waals surface area contributed by atoms with Gasteiger partial charge in [0.15, 0.2) is 0 Å². The third-order valence-corrected chi connectivity index (χ3v) is 6.43. The van der Waals surface area contributed by atoms with Crippen molar-refractivity contribution in [3.8, 4) is 0 Å². The molecule has 0 heterocycles. The van der Waals surface area contributed by atoms with Crippen LogP contribution in [0.1, 0.15) is 83.1 Å². The minimum Gasteiger partial charge on any atom is -0.385 e. The van der Waals surface area contributed by atoms with Crippen LogP contribution in [0.4, 0.5) is 0 Å². The third kappa shape index (κ3) is 4.30. The highest BCUT2D eigenvalue weighted by Crippen LogP contribution is 2.43. The Balaban J connectivity index is 1.51. The van der Waals surface area contributed by atoms with Crippen LogP contribution in [0.2, 0.25) is 0 Å². The van der Waals surface area contributed by atoms with Gasteiger partial charge in [-0.05, 0) is 62.3 Å². The summed E-state index contributed by atoms with van der Waals surface area (Å²) in [5.41, 5.74) is 2.09. The summed E-state index contributed by atoms with van der Waals surface area (Å²) in [4.78, 5) is 0. The van der Waals surface area contributed by atoms with Crippen molar-refractivity contribution in [1.82, 2.24) is 0 Å². The van der Waals surface area contributed by atoms with E-state index in [0.29, 0.717) is 0 Å². The molecule has 0 spiro atoms. The van der Waals surface area contributed by atoms with Crippen LogP contribution < -0.4 is 0 Å². The molecule has 1 aromatic carbocycles. The minimum atomic E-state index is -0.637. The summed E-state index contributed by atoms with van der Waals surface area (Å²) < 4.78 is 0. The van der Waals surface area contributed by atoms with Crippen LogP contribution in [0, 0.1) is 11.8 Å². The maximum absolute atomic E-state index is 11.0. The van der Waals surface area contributed by atoms with Crippen molar-refractivity contribution in [3.05, 3.63) is 47.5 Å². The van der Waals surface area contributed by atoms with E-state index in [0.717, 1.165) is 36.7 Å². The van der Waals surface area contributed by atoms with Gasteiger partial charge in [-0.1, -0.05) is 74.6 Å². The Hall–Kier alpha value is -1.08. The number of benzene rings is 1. The molecule has 24 heavy (non-hydrogen) atoms. The molecule has 0 aromatic heterocycles. The van der Waals surface area contributed by atoms with Crippen molar-refractivity contribution < 1.29 is 5.11 Å². The average molecular weight is 327 g/mol. The highest BCUT2D eigenvalue weighted by atomic mass is 16.3. The molecule has 0 bridgehead atoms. The lowest BCUT2D eigenvalue weighted by atomic mass is 9.71. The first kappa shape index (κ1) is 17.7. The summed E-state index contributed by atoms with van der Waals surface area (Å²) in [6, 6.07) is 10.2. The molecule has 132 valence electrons. The molecule has 3 rings (SSSR count). The number of hydrogen-bond donors (Lipinski definition) is 1. The van der Waals surface area contributed by atoms with E-state index in [-0.39, 0.29) is 0 Å². The molecule has 0 saturated heterocycles. The molecule has 0 aliphatic heterocycles. The van der Waals surface area contributed by atoms with Gasteiger partial charge in [-0.2, -0.15) is 0 Å². The summed E-state index contributed by atoms with van der Waals surface area (Å²) >= 11 is 0. The molecule has 2 aliphatic rings. The second kappa shape index (κ2) is 8.34. The number of aliphatic hydroxyl groups is 1. The summed E-state index contributed by atoms with van der Waals surface area (Å²) in [7, 11) is 0. The molecule has 1 saturated carbocycles. The van der Waals surface area contributed by atoms with Gasteiger partial charge in [0.1, 0.15) is 0 Å². The zero-order valence-corrected chi connectivity index (χ0v) is 15.3. The van der Waals surface area contributed by atoms with Crippen LogP contribution in [0.5, 0.6) is 0 Å². The minimum absolute atomic E-state index is 0.637. The second-order valence-corrected chi connectivity index (χ2v) is 8.09. The van der Waals surface area contributed by atoms with E-state index in [1.54, 1.807) is 5.57 Å². The van der Waals surface area contributed by atoms with Gasteiger partial charge in [0.25, 0.3) is 0 Å². The molecule has 1 atom stereocenters. The fraction of sp³-hybridized carbons (Fsp3) is 0.652. The van der Waals surface area contributed by atoms with Crippen LogP contribution >= 0.6 is 0 Å². The van der Waals surface area contributed by atoms with Crippen LogP contribution in [0.15, 0.2) is 42.0 Å². The fourth-order valence-corrected chi connectivity index (χ4v) is 4.74. The topological polar surface area (TPSA) is 20.2 Å². The molecule has 1 aromatic rings. The second-order valence-electron chi connectivity index (χ2n) is 8.09. The molecule has 1 heteroatoms. The molecular formula is C23H34O. The molecule has 1 N–H and O–H groups in total. The Morgan fingerprint density at radius 3 is 2.42 bits per heavy atom. The summed E-state index contributed by atoms with van der Waals surface area (Å²) in [6.45, 7) is 2.29. The Bertz CT molecular complexity index is 524. The van der Waals surface area contributed by atoms with Gasteiger partial charge >= 0.3 is 0 Å². The normalized spacial score (nSPS) is 30.8. The van der Waals surface area contributed by atoms with Crippen molar-refractivity contribution in [2.75, 3.05) is 0 Å². The van der Waals surface area contributed by atoms with E-state index in [9.17, 15) is 5.11 Å². The van der Waals surface area contributed by atoms with E-state index in [1.807, 2.05) is 18.2 Å². The Labute approximate surface area is 148 Å². The highest BCUT2D eigenvalue weighted by Gasteiger charge is 2.33. The van der Waals surface area contributed by atoms with Gasteiger partial charge in [0.2, 0.25) is 0 Å². The lowest BCUT2D eigenvalue weighted by molar-refractivity contribution is 0.0241. The van der Waals surface area contributed by atoms with Crippen LogP contribution in [0.3, 0.4) is 0 Å². The fourth-order valence-electron chi connectivity index (χ4n) is 4.74. The van der Waals surface area contributed by atoms with Crippen molar-refractivity contribution in [1.29, 1.82) is 0 Å². The van der Waals surface area contributed by atoms with Crippen molar-refractivity contribution in [2.24, 2.45) is 11.8 Å². The Morgan fingerprint density at radius 2 is 1.79 bits per heavy atom.